The second-order valence-corrected chi connectivity index (χ2v) is 7.97. The van der Waals surface area contributed by atoms with Gasteiger partial charge in [0.25, 0.3) is 5.91 Å². The molecule has 0 bridgehead atoms. The van der Waals surface area contributed by atoms with Gasteiger partial charge in [0.2, 0.25) is 0 Å². The van der Waals surface area contributed by atoms with Crippen LogP contribution < -0.4 is 10.6 Å². The van der Waals surface area contributed by atoms with Crippen LogP contribution in [0.3, 0.4) is 0 Å². The number of H-pyrrole nitrogens is 1. The van der Waals surface area contributed by atoms with Gasteiger partial charge in [-0.2, -0.15) is 0 Å². The fourth-order valence-corrected chi connectivity index (χ4v) is 3.28. The number of carbonyl (C=O) groups excluding carboxylic acids is 1. The number of carboxylic acids is 1. The maximum atomic E-state index is 13.0. The highest BCUT2D eigenvalue weighted by atomic mass is 16.4. The molecule has 1 amide bonds. The lowest BCUT2D eigenvalue weighted by atomic mass is 10.0. The second kappa shape index (κ2) is 10.9. The van der Waals surface area contributed by atoms with E-state index in [0.717, 1.165) is 16.9 Å². The number of hydrogen-bond acceptors (Lipinski definition) is 4. The van der Waals surface area contributed by atoms with Gasteiger partial charge in [0.15, 0.2) is 0 Å². The molecule has 32 heavy (non-hydrogen) atoms. The lowest BCUT2D eigenvalue weighted by Gasteiger charge is -2.18. The number of aromatic nitrogens is 2. The Morgan fingerprint density at radius 2 is 1.91 bits per heavy atom. The molecule has 1 heterocycles. The number of carbonyl (C=O) groups is 2. The first kappa shape index (κ1) is 22.8. The van der Waals surface area contributed by atoms with Crippen molar-refractivity contribution in [3.8, 4) is 0 Å². The van der Waals surface area contributed by atoms with E-state index in [1.165, 1.54) is 0 Å². The van der Waals surface area contributed by atoms with E-state index in [9.17, 15) is 14.7 Å². The number of hydrogen-bond donors (Lipinski definition) is 4. The third kappa shape index (κ3) is 6.57. The summed E-state index contributed by atoms with van der Waals surface area (Å²) in [6.45, 7) is 4.41. The Labute approximate surface area is 187 Å². The number of anilines is 1. The summed E-state index contributed by atoms with van der Waals surface area (Å²) in [4.78, 5) is 31.6. The van der Waals surface area contributed by atoms with E-state index >= 15 is 0 Å². The van der Waals surface area contributed by atoms with Gasteiger partial charge in [-0.3, -0.25) is 4.79 Å². The summed E-state index contributed by atoms with van der Waals surface area (Å²) in [5.41, 5.74) is 3.87. The lowest BCUT2D eigenvalue weighted by molar-refractivity contribution is -0.139. The molecule has 166 valence electrons. The van der Waals surface area contributed by atoms with Gasteiger partial charge in [-0.25, -0.2) is 9.78 Å². The van der Waals surface area contributed by atoms with Gasteiger partial charge < -0.3 is 20.7 Å². The summed E-state index contributed by atoms with van der Waals surface area (Å²) in [6.07, 6.45) is 7.51. The standard InChI is InChI=1S/C25H28N4O3/c1-17(2)12-23(25(31)32)29-24(30)22-11-10-20(27-15-21-14-26-16-28-21)13-19(22)9-8-18-6-4-3-5-7-18/h3-11,13-14,16-17,23,27H,12,15H2,1-2H3,(H,26,28)(H,29,30)(H,31,32)/t23-/m0/s1. The molecule has 7 nitrogen and oxygen atoms in total. The van der Waals surface area contributed by atoms with Crippen molar-refractivity contribution in [1.29, 1.82) is 0 Å². The average Bonchev–Trinajstić information content (AvgIpc) is 3.30. The molecule has 4 N–H and O–H groups in total. The summed E-state index contributed by atoms with van der Waals surface area (Å²) in [5, 5.41) is 15.5. The summed E-state index contributed by atoms with van der Waals surface area (Å²) < 4.78 is 0. The van der Waals surface area contributed by atoms with Crippen LogP contribution in [0.2, 0.25) is 0 Å². The van der Waals surface area contributed by atoms with E-state index in [1.807, 2.05) is 68.5 Å². The topological polar surface area (TPSA) is 107 Å². The van der Waals surface area contributed by atoms with Crippen LogP contribution in [-0.4, -0.2) is 33.0 Å². The zero-order chi connectivity index (χ0) is 22.9. The van der Waals surface area contributed by atoms with E-state index in [0.29, 0.717) is 24.1 Å². The molecule has 3 aromatic rings. The van der Waals surface area contributed by atoms with Gasteiger partial charge in [0.1, 0.15) is 6.04 Å². The van der Waals surface area contributed by atoms with Gasteiger partial charge >= 0.3 is 5.97 Å². The van der Waals surface area contributed by atoms with E-state index in [-0.39, 0.29) is 5.92 Å². The first-order valence-corrected chi connectivity index (χ1v) is 10.5. The van der Waals surface area contributed by atoms with Gasteiger partial charge in [-0.05, 0) is 41.7 Å². The molecule has 0 saturated heterocycles. The van der Waals surface area contributed by atoms with Crippen molar-refractivity contribution in [2.45, 2.75) is 32.9 Å². The van der Waals surface area contributed by atoms with E-state index in [2.05, 4.69) is 20.6 Å². The van der Waals surface area contributed by atoms with Crippen LogP contribution in [0.15, 0.2) is 61.1 Å². The summed E-state index contributed by atoms with van der Waals surface area (Å²) in [6, 6.07) is 14.2. The normalized spacial score (nSPS) is 12.1. The van der Waals surface area contributed by atoms with Crippen molar-refractivity contribution in [3.05, 3.63) is 83.4 Å². The number of nitrogens with zero attached hydrogens (tertiary/aromatic N) is 1. The Morgan fingerprint density at radius 3 is 2.56 bits per heavy atom. The molecule has 2 aromatic carbocycles. The Balaban J connectivity index is 1.86. The molecule has 0 fully saturated rings. The molecule has 0 aliphatic rings. The van der Waals surface area contributed by atoms with Crippen LogP contribution in [-0.2, 0) is 11.3 Å². The highest BCUT2D eigenvalue weighted by molar-refractivity contribution is 6.00. The summed E-state index contributed by atoms with van der Waals surface area (Å²) in [7, 11) is 0. The molecule has 0 aliphatic carbocycles. The average molecular weight is 433 g/mol. The maximum absolute atomic E-state index is 13.0. The first-order valence-electron chi connectivity index (χ1n) is 10.5. The van der Waals surface area contributed by atoms with Gasteiger partial charge in [-0.1, -0.05) is 56.3 Å². The van der Waals surface area contributed by atoms with Crippen molar-refractivity contribution in [2.75, 3.05) is 5.32 Å². The molecule has 1 aromatic heterocycles. The Morgan fingerprint density at radius 1 is 1.12 bits per heavy atom. The number of benzene rings is 2. The molecule has 3 rings (SSSR count). The molecular weight excluding hydrogens is 404 g/mol. The number of rotatable bonds is 10. The Bertz CT molecular complexity index is 1060. The molecular formula is C25H28N4O3. The fourth-order valence-electron chi connectivity index (χ4n) is 3.28. The molecule has 0 aliphatic heterocycles. The predicted octanol–water partition coefficient (Wildman–Crippen LogP) is 4.42. The van der Waals surface area contributed by atoms with E-state index in [4.69, 9.17) is 0 Å². The van der Waals surface area contributed by atoms with E-state index in [1.54, 1.807) is 18.6 Å². The largest absolute Gasteiger partial charge is 0.480 e. The number of aliphatic carboxylic acids is 1. The zero-order valence-electron chi connectivity index (χ0n) is 18.2. The minimum Gasteiger partial charge on any atom is -0.480 e. The van der Waals surface area contributed by atoms with Crippen LogP contribution in [0, 0.1) is 5.92 Å². The van der Waals surface area contributed by atoms with Gasteiger partial charge in [0, 0.05) is 17.4 Å². The molecule has 0 radical (unpaired) electrons. The van der Waals surface area contributed by atoms with Crippen molar-refractivity contribution in [2.24, 2.45) is 5.92 Å². The summed E-state index contributed by atoms with van der Waals surface area (Å²) >= 11 is 0. The van der Waals surface area contributed by atoms with Crippen molar-refractivity contribution in [1.82, 2.24) is 15.3 Å². The van der Waals surface area contributed by atoms with E-state index < -0.39 is 17.9 Å². The zero-order valence-corrected chi connectivity index (χ0v) is 18.2. The lowest BCUT2D eigenvalue weighted by Crippen LogP contribution is -2.41. The Hall–Kier alpha value is -3.87. The predicted molar refractivity (Wildman–Crippen MR) is 126 cm³/mol. The molecule has 0 saturated carbocycles. The maximum Gasteiger partial charge on any atom is 0.326 e. The number of amides is 1. The van der Waals surface area contributed by atoms with Crippen LogP contribution in [0.1, 0.15) is 47.4 Å². The SMILES string of the molecule is CC(C)C[C@H](NC(=O)c1ccc(NCc2cnc[nH]2)cc1C=Cc1ccccc1)C(=O)O. The minimum atomic E-state index is -1.04. The highest BCUT2D eigenvalue weighted by Gasteiger charge is 2.22. The van der Waals surface area contributed by atoms with Crippen LogP contribution in [0.4, 0.5) is 5.69 Å². The quantitative estimate of drug-likeness (QED) is 0.355. The Kier molecular flexibility index (Phi) is 7.80. The van der Waals surface area contributed by atoms with Crippen molar-refractivity contribution >= 4 is 29.7 Å². The fraction of sp³-hybridized carbons (Fsp3) is 0.240. The molecule has 0 unspecified atom stereocenters. The molecule has 1 atom stereocenters. The molecule has 7 heteroatoms. The van der Waals surface area contributed by atoms with Gasteiger partial charge in [0.05, 0.1) is 18.6 Å². The van der Waals surface area contributed by atoms with Crippen LogP contribution in [0.25, 0.3) is 12.2 Å². The van der Waals surface area contributed by atoms with Crippen molar-refractivity contribution < 1.29 is 14.7 Å². The number of carboxylic acid groups (broad SMARTS) is 1. The third-order valence-corrected chi connectivity index (χ3v) is 4.90. The third-order valence-electron chi connectivity index (χ3n) is 4.90. The smallest absolute Gasteiger partial charge is 0.326 e. The number of imidazole rings is 1. The molecule has 0 spiro atoms. The van der Waals surface area contributed by atoms with Crippen LogP contribution >= 0.6 is 0 Å². The van der Waals surface area contributed by atoms with Crippen LogP contribution in [0.5, 0.6) is 0 Å². The second-order valence-electron chi connectivity index (χ2n) is 7.97. The minimum absolute atomic E-state index is 0.142. The van der Waals surface area contributed by atoms with Crippen molar-refractivity contribution in [3.63, 3.8) is 0 Å². The number of aromatic amines is 1. The highest BCUT2D eigenvalue weighted by Crippen LogP contribution is 2.20. The number of nitrogens with one attached hydrogen (secondary N) is 3. The monoisotopic (exact) mass is 432 g/mol. The van der Waals surface area contributed by atoms with Gasteiger partial charge in [-0.15, -0.1) is 0 Å². The first-order chi connectivity index (χ1) is 15.4. The summed E-state index contributed by atoms with van der Waals surface area (Å²) in [5.74, 6) is -1.31.